The molecule has 130 valence electrons. The van der Waals surface area contributed by atoms with Crippen LogP contribution in [-0.2, 0) is 11.3 Å². The molecule has 1 aliphatic rings. The van der Waals surface area contributed by atoms with Crippen molar-refractivity contribution in [2.45, 2.75) is 26.4 Å². The molecule has 7 nitrogen and oxygen atoms in total. The molecule has 1 fully saturated rings. The van der Waals surface area contributed by atoms with Crippen LogP contribution in [0.25, 0.3) is 22.6 Å². The van der Waals surface area contributed by atoms with Crippen LogP contribution in [0.1, 0.15) is 13.8 Å². The van der Waals surface area contributed by atoms with E-state index in [2.05, 4.69) is 38.3 Å². The molecular formula is C17H19ClN6O. The van der Waals surface area contributed by atoms with E-state index in [-0.39, 0.29) is 11.3 Å². The lowest BCUT2D eigenvalue weighted by Gasteiger charge is -2.34. The first-order chi connectivity index (χ1) is 12.2. The van der Waals surface area contributed by atoms with Gasteiger partial charge in [-0.1, -0.05) is 0 Å². The molecule has 0 spiro atoms. The molecule has 0 saturated carbocycles. The molecule has 0 aliphatic carbocycles. The summed E-state index contributed by atoms with van der Waals surface area (Å²) in [6, 6.07) is 4.10. The Morgan fingerprint density at radius 3 is 2.76 bits per heavy atom. The smallest absolute Gasteiger partial charge is 0.226 e. The van der Waals surface area contributed by atoms with Crippen molar-refractivity contribution in [1.82, 2.24) is 24.5 Å². The average molecular weight is 359 g/mol. The third-order valence-electron chi connectivity index (χ3n) is 4.44. The minimum atomic E-state index is 0.207. The van der Waals surface area contributed by atoms with Crippen molar-refractivity contribution in [3.8, 4) is 11.4 Å². The van der Waals surface area contributed by atoms with Gasteiger partial charge in [-0.2, -0.15) is 9.97 Å². The summed E-state index contributed by atoms with van der Waals surface area (Å²) in [5, 5.41) is 0.233. The van der Waals surface area contributed by atoms with E-state index >= 15 is 0 Å². The van der Waals surface area contributed by atoms with Crippen LogP contribution in [0.4, 0.5) is 5.82 Å². The van der Waals surface area contributed by atoms with Crippen LogP contribution in [0, 0.1) is 0 Å². The Labute approximate surface area is 150 Å². The summed E-state index contributed by atoms with van der Waals surface area (Å²) in [5.74, 6) is 1.62. The number of halogens is 1. The molecule has 3 aromatic heterocycles. The van der Waals surface area contributed by atoms with Gasteiger partial charge in [0.05, 0.1) is 19.3 Å². The molecule has 0 radical (unpaired) electrons. The maximum absolute atomic E-state index is 6.24. The van der Waals surface area contributed by atoms with E-state index in [1.165, 1.54) is 0 Å². The fourth-order valence-electron chi connectivity index (χ4n) is 3.22. The van der Waals surface area contributed by atoms with Gasteiger partial charge >= 0.3 is 0 Å². The van der Waals surface area contributed by atoms with Crippen molar-refractivity contribution in [1.29, 1.82) is 0 Å². The summed E-state index contributed by atoms with van der Waals surface area (Å²) in [6.45, 7) is 7.00. The van der Waals surface area contributed by atoms with Crippen molar-refractivity contribution < 1.29 is 4.74 Å². The summed E-state index contributed by atoms with van der Waals surface area (Å²) in [6.07, 6.45) is 3.52. The average Bonchev–Trinajstić information content (AvgIpc) is 3.00. The molecule has 1 saturated heterocycles. The highest BCUT2D eigenvalue weighted by Gasteiger charge is 2.26. The highest BCUT2D eigenvalue weighted by atomic mass is 35.5. The minimum Gasteiger partial charge on any atom is -0.377 e. The summed E-state index contributed by atoms with van der Waals surface area (Å²) in [5.41, 5.74) is 2.52. The van der Waals surface area contributed by atoms with Gasteiger partial charge in [0.15, 0.2) is 17.0 Å². The van der Waals surface area contributed by atoms with Crippen molar-refractivity contribution in [2.24, 2.45) is 0 Å². The van der Waals surface area contributed by atoms with Gasteiger partial charge in [-0.25, -0.2) is 4.98 Å². The molecule has 1 aliphatic heterocycles. The molecule has 0 aromatic carbocycles. The second-order valence-corrected chi connectivity index (χ2v) is 6.36. The van der Waals surface area contributed by atoms with Crippen LogP contribution in [0.5, 0.6) is 0 Å². The van der Waals surface area contributed by atoms with Gasteiger partial charge in [-0.05, 0) is 37.6 Å². The molecule has 8 heteroatoms. The lowest BCUT2D eigenvalue weighted by Crippen LogP contribution is -2.44. The topological polar surface area (TPSA) is 69.0 Å². The molecule has 1 unspecified atom stereocenters. The van der Waals surface area contributed by atoms with Crippen LogP contribution >= 0.6 is 11.6 Å². The standard InChI is InChI=1S/C17H19ClN6O/c1-3-23-14(12-4-6-19-7-5-12)20-13-15(23)21-17(18)22-16(13)24-8-9-25-10-11(24)2/h4-7,11H,3,8-10H2,1-2H3. The fourth-order valence-corrected chi connectivity index (χ4v) is 3.38. The maximum Gasteiger partial charge on any atom is 0.226 e. The van der Waals surface area contributed by atoms with E-state index in [0.717, 1.165) is 41.5 Å². The van der Waals surface area contributed by atoms with Crippen molar-refractivity contribution in [2.75, 3.05) is 24.7 Å². The number of rotatable bonds is 3. The Hall–Kier alpha value is -2.25. The van der Waals surface area contributed by atoms with Crippen molar-refractivity contribution in [3.63, 3.8) is 0 Å². The molecule has 25 heavy (non-hydrogen) atoms. The number of anilines is 1. The van der Waals surface area contributed by atoms with E-state index in [1.807, 2.05) is 12.1 Å². The number of ether oxygens (including phenoxy) is 1. The number of aromatic nitrogens is 5. The largest absolute Gasteiger partial charge is 0.377 e. The van der Waals surface area contributed by atoms with Gasteiger partial charge in [0, 0.05) is 31.0 Å². The van der Waals surface area contributed by atoms with E-state index in [1.54, 1.807) is 12.4 Å². The summed E-state index contributed by atoms with van der Waals surface area (Å²) in [7, 11) is 0. The van der Waals surface area contributed by atoms with Gasteiger partial charge in [0.1, 0.15) is 5.82 Å². The first kappa shape index (κ1) is 16.2. The summed E-state index contributed by atoms with van der Waals surface area (Å²) in [4.78, 5) is 20.1. The van der Waals surface area contributed by atoms with Crippen LogP contribution in [-0.4, -0.2) is 50.3 Å². The molecule has 0 amide bonds. The quantitative estimate of drug-likeness (QED) is 0.670. The predicted octanol–water partition coefficient (Wildman–Crippen LogP) is 2.79. The van der Waals surface area contributed by atoms with Gasteiger partial charge in [0.2, 0.25) is 5.28 Å². The van der Waals surface area contributed by atoms with E-state index in [0.29, 0.717) is 13.2 Å². The number of nitrogens with zero attached hydrogens (tertiary/aromatic N) is 6. The highest BCUT2D eigenvalue weighted by molar-refractivity contribution is 6.28. The zero-order valence-electron chi connectivity index (χ0n) is 14.2. The normalized spacial score (nSPS) is 18.0. The van der Waals surface area contributed by atoms with E-state index in [9.17, 15) is 0 Å². The number of morpholine rings is 1. The monoisotopic (exact) mass is 358 g/mol. The van der Waals surface area contributed by atoms with Gasteiger partial charge in [-0.15, -0.1) is 0 Å². The first-order valence-corrected chi connectivity index (χ1v) is 8.75. The first-order valence-electron chi connectivity index (χ1n) is 8.37. The van der Waals surface area contributed by atoms with E-state index < -0.39 is 0 Å². The van der Waals surface area contributed by atoms with Gasteiger partial charge in [-0.3, -0.25) is 4.98 Å². The van der Waals surface area contributed by atoms with Gasteiger partial charge in [0.25, 0.3) is 0 Å². The number of fused-ring (bicyclic) bond motifs is 1. The predicted molar refractivity (Wildman–Crippen MR) is 96.9 cm³/mol. The summed E-state index contributed by atoms with van der Waals surface area (Å²) >= 11 is 6.24. The lowest BCUT2D eigenvalue weighted by molar-refractivity contribution is 0.0986. The molecule has 4 heterocycles. The Morgan fingerprint density at radius 2 is 2.04 bits per heavy atom. The van der Waals surface area contributed by atoms with Crippen LogP contribution in [0.3, 0.4) is 0 Å². The Kier molecular flexibility index (Phi) is 4.27. The third-order valence-corrected chi connectivity index (χ3v) is 4.61. The number of imidazole rings is 1. The maximum atomic E-state index is 6.24. The van der Waals surface area contributed by atoms with Gasteiger partial charge < -0.3 is 14.2 Å². The lowest BCUT2D eigenvalue weighted by atomic mass is 10.2. The van der Waals surface area contributed by atoms with Crippen LogP contribution in [0.2, 0.25) is 5.28 Å². The fraction of sp³-hybridized carbons (Fsp3) is 0.412. The van der Waals surface area contributed by atoms with Crippen molar-refractivity contribution >= 4 is 28.6 Å². The number of hydrogen-bond acceptors (Lipinski definition) is 6. The molecule has 0 N–H and O–H groups in total. The second-order valence-electron chi connectivity index (χ2n) is 6.02. The zero-order chi connectivity index (χ0) is 17.4. The minimum absolute atomic E-state index is 0.207. The zero-order valence-corrected chi connectivity index (χ0v) is 14.9. The molecule has 0 bridgehead atoms. The van der Waals surface area contributed by atoms with Crippen molar-refractivity contribution in [3.05, 3.63) is 29.8 Å². The Morgan fingerprint density at radius 1 is 1.24 bits per heavy atom. The van der Waals surface area contributed by atoms with Crippen LogP contribution < -0.4 is 4.90 Å². The number of pyridine rings is 1. The molecule has 1 atom stereocenters. The van der Waals surface area contributed by atoms with E-state index in [4.69, 9.17) is 21.3 Å². The molecule has 3 aromatic rings. The molecule has 4 rings (SSSR count). The summed E-state index contributed by atoms with van der Waals surface area (Å²) < 4.78 is 7.61. The second kappa shape index (κ2) is 6.57. The SMILES string of the molecule is CCn1c(-c2ccncc2)nc2c(N3CCOCC3C)nc(Cl)nc21. The highest BCUT2D eigenvalue weighted by Crippen LogP contribution is 2.31. The Balaban J connectivity index is 1.94. The number of hydrogen-bond donors (Lipinski definition) is 0. The molecular weight excluding hydrogens is 340 g/mol. The van der Waals surface area contributed by atoms with Crippen LogP contribution in [0.15, 0.2) is 24.5 Å². The number of aryl methyl sites for hydroxylation is 1. The Bertz CT molecular complexity index is 897. The third kappa shape index (κ3) is 2.83.